The van der Waals surface area contributed by atoms with Crippen molar-refractivity contribution in [2.45, 2.75) is 17.7 Å². The van der Waals surface area contributed by atoms with Gasteiger partial charge in [0.05, 0.1) is 11.6 Å². The van der Waals surface area contributed by atoms with Gasteiger partial charge in [-0.1, -0.05) is 30.3 Å². The fourth-order valence-corrected chi connectivity index (χ4v) is 2.71. The van der Waals surface area contributed by atoms with Crippen molar-refractivity contribution in [1.82, 2.24) is 0 Å². The number of nitrogens with zero attached hydrogens (tertiary/aromatic N) is 1. The number of aryl methyl sites for hydroxylation is 1. The van der Waals surface area contributed by atoms with Gasteiger partial charge >= 0.3 is 0 Å². The highest BCUT2D eigenvalue weighted by Gasteiger charge is 2.08. The number of nitriles is 1. The van der Waals surface area contributed by atoms with E-state index < -0.39 is 0 Å². The van der Waals surface area contributed by atoms with Gasteiger partial charge in [-0.25, -0.2) is 0 Å². The molecule has 2 nitrogen and oxygen atoms in total. The van der Waals surface area contributed by atoms with Crippen molar-refractivity contribution < 1.29 is 4.79 Å². The predicted octanol–water partition coefficient (Wildman–Crippen LogP) is 4.10. The second-order valence-electron chi connectivity index (χ2n) is 4.43. The van der Waals surface area contributed by atoms with E-state index in [0.29, 0.717) is 17.5 Å². The molecule has 0 N–H and O–H groups in total. The summed E-state index contributed by atoms with van der Waals surface area (Å²) in [6.45, 7) is 0. The topological polar surface area (TPSA) is 40.9 Å². The number of hydrogen-bond donors (Lipinski definition) is 0. The molecule has 0 radical (unpaired) electrons. The molecule has 0 aliphatic heterocycles. The van der Waals surface area contributed by atoms with Crippen molar-refractivity contribution >= 4 is 17.5 Å². The quantitative estimate of drug-likeness (QED) is 0.612. The first-order chi connectivity index (χ1) is 9.74. The third-order valence-electron chi connectivity index (χ3n) is 3.13. The molecule has 0 saturated carbocycles. The van der Waals surface area contributed by atoms with Crippen LogP contribution in [0.5, 0.6) is 0 Å². The van der Waals surface area contributed by atoms with Crippen LogP contribution < -0.4 is 0 Å². The average molecular weight is 281 g/mol. The summed E-state index contributed by atoms with van der Waals surface area (Å²) in [7, 11) is 0. The fourth-order valence-electron chi connectivity index (χ4n) is 2.06. The average Bonchev–Trinajstić information content (AvgIpc) is 2.52. The summed E-state index contributed by atoms with van der Waals surface area (Å²) in [4.78, 5) is 13.4. The Labute approximate surface area is 123 Å². The number of Topliss-reactive ketones (excluding diaryl/α,β-unsaturated/α-hetero) is 1. The lowest BCUT2D eigenvalue weighted by Crippen LogP contribution is -2.02. The van der Waals surface area contributed by atoms with Gasteiger partial charge in [0.2, 0.25) is 0 Å². The SMILES string of the molecule is CSc1ccccc1CCC(=O)c1cccc(C#N)c1. The molecule has 0 aliphatic rings. The number of ketones is 1. The molecule has 100 valence electrons. The molecule has 2 aromatic carbocycles. The first-order valence-electron chi connectivity index (χ1n) is 6.40. The second kappa shape index (κ2) is 6.93. The minimum absolute atomic E-state index is 0.0815. The summed E-state index contributed by atoms with van der Waals surface area (Å²) >= 11 is 1.69. The Kier molecular flexibility index (Phi) is 4.97. The van der Waals surface area contributed by atoms with Gasteiger partial charge in [0.1, 0.15) is 0 Å². The standard InChI is InChI=1S/C17H15NOS/c1-20-17-8-3-2-6-14(17)9-10-16(19)15-7-4-5-13(11-15)12-18/h2-8,11H,9-10H2,1H3. The van der Waals surface area contributed by atoms with Gasteiger partial charge in [0.25, 0.3) is 0 Å². The molecule has 0 unspecified atom stereocenters. The van der Waals surface area contributed by atoms with Gasteiger partial charge in [-0.2, -0.15) is 5.26 Å². The Morgan fingerprint density at radius 3 is 2.75 bits per heavy atom. The lowest BCUT2D eigenvalue weighted by molar-refractivity contribution is 0.0982. The Morgan fingerprint density at radius 2 is 2.00 bits per heavy atom. The van der Waals surface area contributed by atoms with Gasteiger partial charge in [-0.05, 0) is 36.4 Å². The van der Waals surface area contributed by atoms with E-state index in [1.807, 2.05) is 18.4 Å². The van der Waals surface area contributed by atoms with E-state index in [1.54, 1.807) is 36.0 Å². The highest BCUT2D eigenvalue weighted by Crippen LogP contribution is 2.21. The lowest BCUT2D eigenvalue weighted by atomic mass is 10.0. The Balaban J connectivity index is 2.07. The zero-order valence-electron chi connectivity index (χ0n) is 11.3. The van der Waals surface area contributed by atoms with Crippen LogP contribution in [0.3, 0.4) is 0 Å². The number of thioether (sulfide) groups is 1. The number of rotatable bonds is 5. The largest absolute Gasteiger partial charge is 0.294 e. The summed E-state index contributed by atoms with van der Waals surface area (Å²) < 4.78 is 0. The van der Waals surface area contributed by atoms with Crippen molar-refractivity contribution in [3.05, 3.63) is 65.2 Å². The van der Waals surface area contributed by atoms with Gasteiger partial charge in [0, 0.05) is 16.9 Å². The number of carbonyl (C=O) groups is 1. The minimum Gasteiger partial charge on any atom is -0.294 e. The van der Waals surface area contributed by atoms with Crippen LogP contribution in [-0.4, -0.2) is 12.0 Å². The maximum absolute atomic E-state index is 12.2. The zero-order chi connectivity index (χ0) is 14.4. The van der Waals surface area contributed by atoms with Crippen LogP contribution in [0.4, 0.5) is 0 Å². The molecule has 0 aliphatic carbocycles. The Bertz CT molecular complexity index is 658. The number of hydrogen-bond acceptors (Lipinski definition) is 3. The van der Waals surface area contributed by atoms with Gasteiger partial charge in [0.15, 0.2) is 5.78 Å². The molecule has 0 saturated heterocycles. The van der Waals surface area contributed by atoms with Crippen molar-refractivity contribution in [1.29, 1.82) is 5.26 Å². The monoisotopic (exact) mass is 281 g/mol. The predicted molar refractivity (Wildman–Crippen MR) is 82.0 cm³/mol. The zero-order valence-corrected chi connectivity index (χ0v) is 12.1. The van der Waals surface area contributed by atoms with Crippen LogP contribution in [0.25, 0.3) is 0 Å². The summed E-state index contributed by atoms with van der Waals surface area (Å²) in [5.74, 6) is 0.0815. The van der Waals surface area contributed by atoms with Crippen molar-refractivity contribution in [3.63, 3.8) is 0 Å². The molecule has 2 rings (SSSR count). The van der Waals surface area contributed by atoms with Crippen LogP contribution in [0, 0.1) is 11.3 Å². The van der Waals surface area contributed by atoms with Crippen LogP contribution in [0.2, 0.25) is 0 Å². The molecular formula is C17H15NOS. The summed E-state index contributed by atoms with van der Waals surface area (Å²) in [5.41, 5.74) is 2.34. The van der Waals surface area contributed by atoms with Crippen LogP contribution in [0.15, 0.2) is 53.4 Å². The molecule has 20 heavy (non-hydrogen) atoms. The first kappa shape index (κ1) is 14.4. The highest BCUT2D eigenvalue weighted by molar-refractivity contribution is 7.98. The Hall–Kier alpha value is -2.05. The second-order valence-corrected chi connectivity index (χ2v) is 5.28. The van der Waals surface area contributed by atoms with E-state index in [1.165, 1.54) is 10.5 Å². The summed E-state index contributed by atoms with van der Waals surface area (Å²) in [6, 6.07) is 17.1. The normalized spacial score (nSPS) is 10.0. The van der Waals surface area contributed by atoms with E-state index >= 15 is 0 Å². The highest BCUT2D eigenvalue weighted by atomic mass is 32.2. The minimum atomic E-state index is 0.0815. The van der Waals surface area contributed by atoms with Gasteiger partial charge < -0.3 is 0 Å². The molecule has 3 heteroatoms. The maximum atomic E-state index is 12.2. The van der Waals surface area contributed by atoms with E-state index in [2.05, 4.69) is 18.2 Å². The lowest BCUT2D eigenvalue weighted by Gasteiger charge is -2.06. The summed E-state index contributed by atoms with van der Waals surface area (Å²) in [6.07, 6.45) is 3.23. The molecule has 0 spiro atoms. The molecule has 0 bridgehead atoms. The molecular weight excluding hydrogens is 266 g/mol. The van der Waals surface area contributed by atoms with E-state index in [-0.39, 0.29) is 5.78 Å². The van der Waals surface area contributed by atoms with Crippen LogP contribution in [-0.2, 0) is 6.42 Å². The molecule has 0 amide bonds. The third kappa shape index (κ3) is 3.49. The molecule has 0 heterocycles. The van der Waals surface area contributed by atoms with Crippen molar-refractivity contribution in [3.8, 4) is 6.07 Å². The third-order valence-corrected chi connectivity index (χ3v) is 3.97. The van der Waals surface area contributed by atoms with E-state index in [4.69, 9.17) is 5.26 Å². The molecule has 2 aromatic rings. The van der Waals surface area contributed by atoms with Crippen molar-refractivity contribution in [2.24, 2.45) is 0 Å². The Morgan fingerprint density at radius 1 is 1.20 bits per heavy atom. The van der Waals surface area contributed by atoms with Crippen LogP contribution in [0.1, 0.15) is 27.9 Å². The van der Waals surface area contributed by atoms with E-state index in [9.17, 15) is 4.79 Å². The van der Waals surface area contributed by atoms with E-state index in [0.717, 1.165) is 6.42 Å². The maximum Gasteiger partial charge on any atom is 0.163 e. The molecule has 0 aromatic heterocycles. The molecule has 0 atom stereocenters. The van der Waals surface area contributed by atoms with Crippen molar-refractivity contribution in [2.75, 3.05) is 6.26 Å². The molecule has 0 fully saturated rings. The fraction of sp³-hybridized carbons (Fsp3) is 0.176. The van der Waals surface area contributed by atoms with Gasteiger partial charge in [-0.15, -0.1) is 11.8 Å². The smallest absolute Gasteiger partial charge is 0.163 e. The first-order valence-corrected chi connectivity index (χ1v) is 7.62. The van der Waals surface area contributed by atoms with Crippen LogP contribution >= 0.6 is 11.8 Å². The summed E-state index contributed by atoms with van der Waals surface area (Å²) in [5, 5.41) is 8.86. The number of carbonyl (C=O) groups excluding carboxylic acids is 1. The number of benzene rings is 2. The van der Waals surface area contributed by atoms with Gasteiger partial charge in [-0.3, -0.25) is 4.79 Å².